The van der Waals surface area contributed by atoms with E-state index in [-0.39, 0.29) is 19.8 Å². The number of nitrogens with zero attached hydrogens (tertiary/aromatic N) is 2. The van der Waals surface area contributed by atoms with Crippen LogP contribution >= 0.6 is 28.1 Å². The van der Waals surface area contributed by atoms with Gasteiger partial charge in [-0.15, -0.1) is 0 Å². The Morgan fingerprint density at radius 3 is 2.78 bits per heavy atom. The number of hydrogen-bond donors (Lipinski definition) is 3. The smallest absolute Gasteiger partial charge is 0.338 e. The predicted molar refractivity (Wildman–Crippen MR) is 144 cm³/mol. The van der Waals surface area contributed by atoms with E-state index >= 15 is 0 Å². The zero-order valence-corrected chi connectivity index (χ0v) is 22.4. The molecule has 1 heterocycles. The van der Waals surface area contributed by atoms with Crippen LogP contribution in [0.2, 0.25) is 0 Å². The molecule has 37 heavy (non-hydrogen) atoms. The first-order valence-corrected chi connectivity index (χ1v) is 12.3. The molecule has 0 fully saturated rings. The molecule has 0 saturated heterocycles. The van der Waals surface area contributed by atoms with Crippen LogP contribution in [-0.2, 0) is 14.3 Å². The highest BCUT2D eigenvalue weighted by Crippen LogP contribution is 2.33. The van der Waals surface area contributed by atoms with E-state index < -0.39 is 17.9 Å². The fraction of sp³-hybridized carbons (Fsp3) is 0.240. The summed E-state index contributed by atoms with van der Waals surface area (Å²) >= 11 is 8.65. The predicted octanol–water partition coefficient (Wildman–Crippen LogP) is 3.24. The van der Waals surface area contributed by atoms with Crippen LogP contribution in [0.15, 0.2) is 63.3 Å². The molecule has 0 saturated carbocycles. The van der Waals surface area contributed by atoms with Gasteiger partial charge < -0.3 is 24.8 Å². The number of ether oxygens (including phenoxy) is 3. The number of carbonyl (C=O) groups is 2. The summed E-state index contributed by atoms with van der Waals surface area (Å²) in [4.78, 5) is 25.1. The number of carbonyl (C=O) groups excluding carboxylic acids is 2. The number of allylic oxidation sites excluding steroid dienone is 1. The largest absolute Gasteiger partial charge is 0.483 e. The molecule has 10 nitrogen and oxygen atoms in total. The summed E-state index contributed by atoms with van der Waals surface area (Å²) in [5.74, 6) is -0.162. The summed E-state index contributed by atoms with van der Waals surface area (Å²) in [6, 6.07) is 13.5. The summed E-state index contributed by atoms with van der Waals surface area (Å²) < 4.78 is 17.1. The van der Waals surface area contributed by atoms with Crippen molar-refractivity contribution < 1.29 is 23.8 Å². The van der Waals surface area contributed by atoms with Crippen molar-refractivity contribution in [1.82, 2.24) is 16.1 Å². The van der Waals surface area contributed by atoms with Crippen molar-refractivity contribution in [3.63, 3.8) is 0 Å². The lowest BCUT2D eigenvalue weighted by molar-refractivity contribution is -0.139. The van der Waals surface area contributed by atoms with Gasteiger partial charge in [0.25, 0.3) is 5.91 Å². The molecule has 0 aliphatic carbocycles. The van der Waals surface area contributed by atoms with Crippen molar-refractivity contribution >= 4 is 51.4 Å². The molecule has 3 rings (SSSR count). The number of hydrogen-bond acceptors (Lipinski definition) is 8. The van der Waals surface area contributed by atoms with Crippen LogP contribution in [0.5, 0.6) is 11.5 Å². The van der Waals surface area contributed by atoms with Crippen LogP contribution < -0.4 is 25.5 Å². The molecule has 1 atom stereocenters. The number of nitrogens with one attached hydrogen (secondary N) is 3. The minimum absolute atomic E-state index is 0.120. The van der Waals surface area contributed by atoms with E-state index in [9.17, 15) is 9.59 Å². The molecule has 0 unspecified atom stereocenters. The molecular weight excluding hydrogens is 562 g/mol. The number of rotatable bonds is 10. The van der Waals surface area contributed by atoms with Gasteiger partial charge in [0.05, 0.1) is 24.4 Å². The molecule has 12 heteroatoms. The fourth-order valence-corrected chi connectivity index (χ4v) is 4.12. The molecule has 1 aliphatic heterocycles. The van der Waals surface area contributed by atoms with E-state index in [0.717, 1.165) is 4.47 Å². The standard InChI is InChI=1S/C25H24BrN5O5S/c1-3-34-24(33)22-15(2)29-25(37)30-23(22)18-6-4-5-7-20(18)36-14-21(32)31-28-13-16-12-17(26)8-9-19(16)35-11-10-27/h4-9,12-13,23H,3,11,14H2,1-2H3,(H,31,32)(H2,29,30,37)/t23-/m0/s1. The molecule has 2 aromatic carbocycles. The normalized spacial score (nSPS) is 14.9. The van der Waals surface area contributed by atoms with Gasteiger partial charge in [-0.05, 0) is 50.3 Å². The minimum atomic E-state index is -0.631. The Morgan fingerprint density at radius 2 is 2.03 bits per heavy atom. The first-order chi connectivity index (χ1) is 17.8. The second-order valence-corrected chi connectivity index (χ2v) is 8.86. The van der Waals surface area contributed by atoms with E-state index in [2.05, 4.69) is 37.1 Å². The number of halogens is 1. The van der Waals surface area contributed by atoms with Crippen LogP contribution in [0.1, 0.15) is 31.0 Å². The number of nitriles is 1. The zero-order valence-electron chi connectivity index (χ0n) is 20.0. The number of hydrazone groups is 1. The van der Waals surface area contributed by atoms with E-state index in [1.807, 2.05) is 6.07 Å². The maximum atomic E-state index is 12.7. The second-order valence-electron chi connectivity index (χ2n) is 7.54. The molecule has 0 radical (unpaired) electrons. The third-order valence-corrected chi connectivity index (χ3v) is 5.72. The minimum Gasteiger partial charge on any atom is -0.483 e. The van der Waals surface area contributed by atoms with Crippen LogP contribution in [0.25, 0.3) is 0 Å². The third kappa shape index (κ3) is 7.52. The second kappa shape index (κ2) is 13.4. The van der Waals surface area contributed by atoms with Gasteiger partial charge in [-0.2, -0.15) is 10.4 Å². The van der Waals surface area contributed by atoms with Crippen molar-refractivity contribution in [3.05, 3.63) is 69.3 Å². The maximum absolute atomic E-state index is 12.7. The number of esters is 1. The van der Waals surface area contributed by atoms with Gasteiger partial charge >= 0.3 is 5.97 Å². The summed E-state index contributed by atoms with van der Waals surface area (Å²) in [5, 5.41) is 19.1. The Kier molecular flexibility index (Phi) is 10.00. The highest BCUT2D eigenvalue weighted by atomic mass is 79.9. The highest BCUT2D eigenvalue weighted by Gasteiger charge is 2.32. The Balaban J connectivity index is 1.71. The van der Waals surface area contributed by atoms with E-state index in [0.29, 0.717) is 39.0 Å². The Labute approximate surface area is 227 Å². The third-order valence-electron chi connectivity index (χ3n) is 5.01. The molecule has 0 spiro atoms. The molecule has 1 amide bonds. The topological polar surface area (TPSA) is 134 Å². The highest BCUT2D eigenvalue weighted by molar-refractivity contribution is 9.10. The Morgan fingerprint density at radius 1 is 1.24 bits per heavy atom. The summed E-state index contributed by atoms with van der Waals surface area (Å²) in [6.07, 6.45) is 1.41. The van der Waals surface area contributed by atoms with Gasteiger partial charge in [-0.1, -0.05) is 34.1 Å². The van der Waals surface area contributed by atoms with Crippen molar-refractivity contribution in [2.24, 2.45) is 5.10 Å². The first-order valence-electron chi connectivity index (χ1n) is 11.1. The zero-order chi connectivity index (χ0) is 26.8. The number of benzene rings is 2. The first kappa shape index (κ1) is 27.6. The van der Waals surface area contributed by atoms with Gasteiger partial charge in [0.15, 0.2) is 18.3 Å². The molecule has 2 aromatic rings. The van der Waals surface area contributed by atoms with Crippen LogP contribution in [0.3, 0.4) is 0 Å². The maximum Gasteiger partial charge on any atom is 0.338 e. The van der Waals surface area contributed by atoms with Crippen molar-refractivity contribution in [3.8, 4) is 17.6 Å². The average molecular weight is 586 g/mol. The van der Waals surface area contributed by atoms with Crippen molar-refractivity contribution in [2.45, 2.75) is 19.9 Å². The summed E-state index contributed by atoms with van der Waals surface area (Å²) in [7, 11) is 0. The Bertz CT molecular complexity index is 1290. The SMILES string of the molecule is CCOC(=O)C1=C(C)NC(=S)N[C@H]1c1ccccc1OCC(=O)NN=Cc1cc(Br)ccc1OCC#N. The lowest BCUT2D eigenvalue weighted by Crippen LogP contribution is -2.45. The molecule has 0 bridgehead atoms. The van der Waals surface area contributed by atoms with E-state index in [1.165, 1.54) is 6.21 Å². The number of amides is 1. The van der Waals surface area contributed by atoms with Gasteiger partial charge in [0, 0.05) is 21.3 Å². The molecule has 3 N–H and O–H groups in total. The van der Waals surface area contributed by atoms with Gasteiger partial charge in [-0.3, -0.25) is 4.79 Å². The fourth-order valence-electron chi connectivity index (χ4n) is 3.47. The van der Waals surface area contributed by atoms with Crippen LogP contribution in [0.4, 0.5) is 0 Å². The molecule has 192 valence electrons. The monoisotopic (exact) mass is 585 g/mol. The van der Waals surface area contributed by atoms with Gasteiger partial charge in [0.1, 0.15) is 17.6 Å². The van der Waals surface area contributed by atoms with Crippen LogP contribution in [0, 0.1) is 11.3 Å². The van der Waals surface area contributed by atoms with Crippen molar-refractivity contribution in [1.29, 1.82) is 5.26 Å². The lowest BCUT2D eigenvalue weighted by Gasteiger charge is -2.30. The van der Waals surface area contributed by atoms with E-state index in [1.54, 1.807) is 56.3 Å². The number of para-hydroxylation sites is 1. The Hall–Kier alpha value is -3.95. The molecule has 1 aliphatic rings. The average Bonchev–Trinajstić information content (AvgIpc) is 2.87. The molecule has 0 aromatic heterocycles. The number of thiocarbonyl (C=S) groups is 1. The molecular formula is C25H24BrN5O5S. The summed E-state index contributed by atoms with van der Waals surface area (Å²) in [6.45, 7) is 3.23. The summed E-state index contributed by atoms with van der Waals surface area (Å²) in [5.41, 5.74) is 4.51. The van der Waals surface area contributed by atoms with Crippen LogP contribution in [-0.4, -0.2) is 43.0 Å². The van der Waals surface area contributed by atoms with E-state index in [4.69, 9.17) is 31.7 Å². The quantitative estimate of drug-likeness (QED) is 0.166. The lowest BCUT2D eigenvalue weighted by atomic mass is 9.95. The van der Waals surface area contributed by atoms with Gasteiger partial charge in [0.2, 0.25) is 0 Å². The van der Waals surface area contributed by atoms with Crippen molar-refractivity contribution in [2.75, 3.05) is 19.8 Å². The van der Waals surface area contributed by atoms with Gasteiger partial charge in [-0.25, -0.2) is 10.2 Å².